The van der Waals surface area contributed by atoms with Gasteiger partial charge >= 0.3 is 5.82 Å². The van der Waals surface area contributed by atoms with Crippen LogP contribution < -0.4 is 5.32 Å². The van der Waals surface area contributed by atoms with Gasteiger partial charge in [0.1, 0.15) is 0 Å². The standard InChI is InChI=1S/C20H19F5N6O3/c1-5-12(30-8(2)6-13(28-30)31(33)34)20(32)26-19-9(3)27-29(10(19)4)7-11-14(21)16(23)18(25)17(24)15(11)22/h6,12H,5,7H2,1-4H3,(H,26,32). The van der Waals surface area contributed by atoms with E-state index in [-0.39, 0.29) is 23.5 Å². The minimum absolute atomic E-state index is 0.159. The zero-order valence-corrected chi connectivity index (χ0v) is 18.4. The minimum Gasteiger partial charge on any atom is -0.358 e. The van der Waals surface area contributed by atoms with Crippen LogP contribution in [0.15, 0.2) is 6.07 Å². The first-order valence-corrected chi connectivity index (χ1v) is 9.94. The van der Waals surface area contributed by atoms with Gasteiger partial charge in [0, 0.05) is 0 Å². The van der Waals surface area contributed by atoms with Gasteiger partial charge in [-0.25, -0.2) is 22.0 Å². The number of carbonyl (C=O) groups is 1. The number of nitrogens with zero attached hydrogens (tertiary/aromatic N) is 5. The number of nitrogens with one attached hydrogen (secondary N) is 1. The molecule has 0 saturated heterocycles. The normalized spacial score (nSPS) is 12.1. The maximum Gasteiger partial charge on any atom is 0.390 e. The summed E-state index contributed by atoms with van der Waals surface area (Å²) in [6, 6.07) is 0.292. The molecule has 9 nitrogen and oxygen atoms in total. The fraction of sp³-hybridized carbons (Fsp3) is 0.350. The summed E-state index contributed by atoms with van der Waals surface area (Å²) in [5, 5.41) is 21.5. The molecule has 1 atom stereocenters. The zero-order valence-electron chi connectivity index (χ0n) is 18.4. The molecule has 1 aromatic carbocycles. The Bertz CT molecular complexity index is 1270. The summed E-state index contributed by atoms with van der Waals surface area (Å²) in [5.74, 6) is -11.4. The molecule has 3 aromatic rings. The van der Waals surface area contributed by atoms with E-state index in [1.165, 1.54) is 24.6 Å². The number of nitro groups is 1. The average Bonchev–Trinajstić information content (AvgIpc) is 3.29. The van der Waals surface area contributed by atoms with Crippen LogP contribution in [-0.4, -0.2) is 30.4 Å². The lowest BCUT2D eigenvalue weighted by atomic mass is 10.1. The first-order valence-electron chi connectivity index (χ1n) is 9.94. The molecule has 1 unspecified atom stereocenters. The van der Waals surface area contributed by atoms with E-state index in [0.29, 0.717) is 5.69 Å². The van der Waals surface area contributed by atoms with Crippen LogP contribution in [0.5, 0.6) is 0 Å². The quantitative estimate of drug-likeness (QED) is 0.177. The number of benzene rings is 1. The number of aromatic nitrogens is 4. The minimum atomic E-state index is -2.26. The van der Waals surface area contributed by atoms with Gasteiger partial charge in [-0.3, -0.25) is 9.48 Å². The summed E-state index contributed by atoms with van der Waals surface area (Å²) >= 11 is 0. The van der Waals surface area contributed by atoms with Crippen molar-refractivity contribution in [2.45, 2.75) is 46.7 Å². The van der Waals surface area contributed by atoms with E-state index in [1.807, 2.05) is 0 Å². The van der Waals surface area contributed by atoms with Gasteiger partial charge in [-0.1, -0.05) is 6.92 Å². The Morgan fingerprint density at radius 2 is 1.62 bits per heavy atom. The molecule has 0 bridgehead atoms. The van der Waals surface area contributed by atoms with Gasteiger partial charge in [-0.15, -0.1) is 0 Å². The fourth-order valence-corrected chi connectivity index (χ4v) is 3.52. The smallest absolute Gasteiger partial charge is 0.358 e. The lowest BCUT2D eigenvalue weighted by molar-refractivity contribution is -0.389. The Balaban J connectivity index is 1.92. The van der Waals surface area contributed by atoms with E-state index in [4.69, 9.17) is 0 Å². The van der Waals surface area contributed by atoms with E-state index >= 15 is 0 Å². The molecule has 1 N–H and O–H groups in total. The number of halogens is 5. The molecule has 34 heavy (non-hydrogen) atoms. The van der Waals surface area contributed by atoms with Crippen LogP contribution in [0.3, 0.4) is 0 Å². The molecule has 2 heterocycles. The van der Waals surface area contributed by atoms with E-state index in [0.717, 1.165) is 4.68 Å². The lowest BCUT2D eigenvalue weighted by Gasteiger charge is -2.15. The number of aryl methyl sites for hydroxylation is 2. The van der Waals surface area contributed by atoms with Crippen LogP contribution >= 0.6 is 0 Å². The Morgan fingerprint density at radius 3 is 2.12 bits per heavy atom. The third-order valence-electron chi connectivity index (χ3n) is 5.32. The van der Waals surface area contributed by atoms with Gasteiger partial charge in [0.15, 0.2) is 29.3 Å². The van der Waals surface area contributed by atoms with Crippen molar-refractivity contribution in [3.63, 3.8) is 0 Å². The molecule has 0 radical (unpaired) electrons. The summed E-state index contributed by atoms with van der Waals surface area (Å²) < 4.78 is 70.8. The van der Waals surface area contributed by atoms with Gasteiger partial charge < -0.3 is 15.4 Å². The Labute approximate surface area is 189 Å². The monoisotopic (exact) mass is 486 g/mol. The third-order valence-corrected chi connectivity index (χ3v) is 5.32. The second-order valence-corrected chi connectivity index (χ2v) is 7.51. The van der Waals surface area contributed by atoms with Crippen molar-refractivity contribution in [1.82, 2.24) is 19.6 Å². The van der Waals surface area contributed by atoms with Crippen molar-refractivity contribution >= 4 is 17.4 Å². The summed E-state index contributed by atoms with van der Waals surface area (Å²) in [7, 11) is 0. The van der Waals surface area contributed by atoms with Crippen molar-refractivity contribution < 1.29 is 31.7 Å². The highest BCUT2D eigenvalue weighted by Gasteiger charge is 2.30. The molecule has 0 aliphatic carbocycles. The van der Waals surface area contributed by atoms with Crippen LogP contribution in [0, 0.1) is 60.0 Å². The second kappa shape index (κ2) is 9.19. The maximum absolute atomic E-state index is 14.1. The van der Waals surface area contributed by atoms with E-state index in [1.54, 1.807) is 13.8 Å². The first-order chi connectivity index (χ1) is 15.9. The van der Waals surface area contributed by atoms with Crippen LogP contribution in [0.4, 0.5) is 33.5 Å². The average molecular weight is 486 g/mol. The van der Waals surface area contributed by atoms with Crippen LogP contribution in [0.2, 0.25) is 0 Å². The predicted molar refractivity (Wildman–Crippen MR) is 109 cm³/mol. The summed E-state index contributed by atoms with van der Waals surface area (Å²) in [6.07, 6.45) is 0.224. The molecular formula is C20H19F5N6O3. The highest BCUT2D eigenvalue weighted by Crippen LogP contribution is 2.27. The number of amides is 1. The van der Waals surface area contributed by atoms with Crippen molar-refractivity contribution in [3.05, 3.63) is 67.9 Å². The van der Waals surface area contributed by atoms with E-state index < -0.39 is 63.9 Å². The lowest BCUT2D eigenvalue weighted by Crippen LogP contribution is -2.27. The molecule has 0 fully saturated rings. The Hall–Kier alpha value is -3.84. The molecule has 2 aromatic heterocycles. The predicted octanol–water partition coefficient (Wildman–Crippen LogP) is 4.25. The molecule has 0 aliphatic rings. The van der Waals surface area contributed by atoms with Gasteiger partial charge in [-0.2, -0.15) is 9.78 Å². The second-order valence-electron chi connectivity index (χ2n) is 7.51. The molecule has 0 saturated carbocycles. The van der Waals surface area contributed by atoms with Crippen LogP contribution in [-0.2, 0) is 11.3 Å². The summed E-state index contributed by atoms with van der Waals surface area (Å²) in [6.45, 7) is 5.35. The Kier molecular flexibility index (Phi) is 6.70. The number of rotatable bonds is 7. The Morgan fingerprint density at radius 1 is 1.06 bits per heavy atom. The fourth-order valence-electron chi connectivity index (χ4n) is 3.52. The van der Waals surface area contributed by atoms with Crippen molar-refractivity contribution in [3.8, 4) is 0 Å². The summed E-state index contributed by atoms with van der Waals surface area (Å²) in [5.41, 5.74) is -0.137. The van der Waals surface area contributed by atoms with Gasteiger partial charge in [0.2, 0.25) is 5.82 Å². The highest BCUT2D eigenvalue weighted by molar-refractivity contribution is 5.94. The van der Waals surface area contributed by atoms with Gasteiger partial charge in [0.25, 0.3) is 5.91 Å². The number of hydrogen-bond donors (Lipinski definition) is 1. The maximum atomic E-state index is 14.1. The SMILES string of the molecule is CCC(C(=O)Nc1c(C)nn(Cc2c(F)c(F)c(F)c(F)c2F)c1C)n1nc([N+](=O)[O-])cc1C. The van der Waals surface area contributed by atoms with Crippen molar-refractivity contribution in [2.75, 3.05) is 5.32 Å². The van der Waals surface area contributed by atoms with E-state index in [9.17, 15) is 36.9 Å². The van der Waals surface area contributed by atoms with Crippen LogP contribution in [0.1, 0.15) is 42.0 Å². The van der Waals surface area contributed by atoms with Crippen LogP contribution in [0.25, 0.3) is 0 Å². The van der Waals surface area contributed by atoms with Crippen molar-refractivity contribution in [1.29, 1.82) is 0 Å². The number of anilines is 1. The zero-order chi connectivity index (χ0) is 25.5. The molecule has 3 rings (SSSR count). The molecule has 14 heteroatoms. The third kappa shape index (κ3) is 4.22. The number of carbonyl (C=O) groups excluding carboxylic acids is 1. The summed E-state index contributed by atoms with van der Waals surface area (Å²) in [4.78, 5) is 23.2. The molecular weight excluding hydrogens is 467 g/mol. The highest BCUT2D eigenvalue weighted by atomic mass is 19.2. The number of hydrogen-bond acceptors (Lipinski definition) is 5. The molecule has 182 valence electrons. The topological polar surface area (TPSA) is 108 Å². The molecule has 1 amide bonds. The molecule has 0 aliphatic heterocycles. The van der Waals surface area contributed by atoms with E-state index in [2.05, 4.69) is 15.5 Å². The van der Waals surface area contributed by atoms with Gasteiger partial charge in [0.05, 0.1) is 46.0 Å². The van der Waals surface area contributed by atoms with Crippen molar-refractivity contribution in [2.24, 2.45) is 0 Å². The largest absolute Gasteiger partial charge is 0.390 e. The first kappa shape index (κ1) is 24.8. The van der Waals surface area contributed by atoms with Gasteiger partial charge in [-0.05, 0) is 32.1 Å². The molecule has 0 spiro atoms.